The average Bonchev–Trinajstić information content (AvgIpc) is 3.00. The highest BCUT2D eigenvalue weighted by atomic mass is 16.6. The third-order valence-corrected chi connectivity index (χ3v) is 4.00. The minimum absolute atomic E-state index is 0.0580. The molecule has 0 aromatic carbocycles. The molecule has 21 heavy (non-hydrogen) atoms. The number of carbonyl (C=O) groups excluding carboxylic acids is 3. The molecule has 6 heteroatoms. The van der Waals surface area contributed by atoms with E-state index in [1.807, 2.05) is 0 Å². The van der Waals surface area contributed by atoms with Crippen molar-refractivity contribution in [2.24, 2.45) is 11.8 Å². The second kappa shape index (κ2) is 6.28. The third-order valence-electron chi connectivity index (χ3n) is 4.00. The van der Waals surface area contributed by atoms with Gasteiger partial charge in [-0.2, -0.15) is 0 Å². The van der Waals surface area contributed by atoms with E-state index in [-0.39, 0.29) is 23.4 Å². The Bertz CT molecular complexity index is 469. The van der Waals surface area contributed by atoms with Crippen LogP contribution in [0, 0.1) is 11.8 Å². The quantitative estimate of drug-likeness (QED) is 0.433. The highest BCUT2D eigenvalue weighted by Gasteiger charge is 2.49. The SMILES string of the molecule is C=C(C)C(=O)OCC(=O)OC(C)C1OC(=O)C2CCCC21. The molecule has 4 unspecified atom stereocenters. The molecule has 0 spiro atoms. The first-order valence-corrected chi connectivity index (χ1v) is 7.12. The van der Waals surface area contributed by atoms with Gasteiger partial charge in [0.05, 0.1) is 5.92 Å². The molecular formula is C15H20O6. The van der Waals surface area contributed by atoms with Crippen molar-refractivity contribution in [2.75, 3.05) is 6.61 Å². The Morgan fingerprint density at radius 3 is 2.81 bits per heavy atom. The number of hydrogen-bond donors (Lipinski definition) is 0. The topological polar surface area (TPSA) is 78.9 Å². The minimum Gasteiger partial charge on any atom is -0.458 e. The van der Waals surface area contributed by atoms with Crippen LogP contribution in [0.5, 0.6) is 0 Å². The van der Waals surface area contributed by atoms with Crippen LogP contribution in [0.4, 0.5) is 0 Å². The number of cyclic esters (lactones) is 1. The molecule has 0 N–H and O–H groups in total. The van der Waals surface area contributed by atoms with Crippen LogP contribution < -0.4 is 0 Å². The zero-order chi connectivity index (χ0) is 15.6. The molecule has 0 aromatic rings. The van der Waals surface area contributed by atoms with Gasteiger partial charge in [0, 0.05) is 11.5 Å². The molecule has 1 aliphatic heterocycles. The van der Waals surface area contributed by atoms with Crippen LogP contribution in [-0.4, -0.2) is 36.7 Å². The Morgan fingerprint density at radius 1 is 1.43 bits per heavy atom. The van der Waals surface area contributed by atoms with Crippen molar-refractivity contribution in [2.45, 2.75) is 45.3 Å². The fraction of sp³-hybridized carbons (Fsp3) is 0.667. The first-order chi connectivity index (χ1) is 9.90. The van der Waals surface area contributed by atoms with E-state index in [0.29, 0.717) is 0 Å². The maximum atomic E-state index is 11.7. The maximum Gasteiger partial charge on any atom is 0.344 e. The van der Waals surface area contributed by atoms with Gasteiger partial charge in [-0.3, -0.25) is 4.79 Å². The molecule has 2 aliphatic rings. The molecule has 1 saturated carbocycles. The Hall–Kier alpha value is -1.85. The summed E-state index contributed by atoms with van der Waals surface area (Å²) in [4.78, 5) is 34.5. The summed E-state index contributed by atoms with van der Waals surface area (Å²) in [5, 5.41) is 0. The van der Waals surface area contributed by atoms with E-state index in [2.05, 4.69) is 6.58 Å². The molecule has 4 atom stereocenters. The molecule has 0 amide bonds. The first kappa shape index (κ1) is 15.5. The molecule has 0 radical (unpaired) electrons. The van der Waals surface area contributed by atoms with E-state index in [0.717, 1.165) is 19.3 Å². The van der Waals surface area contributed by atoms with Gasteiger partial charge in [0.15, 0.2) is 6.61 Å². The van der Waals surface area contributed by atoms with Crippen LogP contribution in [0.15, 0.2) is 12.2 Å². The van der Waals surface area contributed by atoms with Crippen molar-refractivity contribution in [3.63, 3.8) is 0 Å². The van der Waals surface area contributed by atoms with Crippen molar-refractivity contribution in [3.8, 4) is 0 Å². The zero-order valence-corrected chi connectivity index (χ0v) is 12.3. The summed E-state index contributed by atoms with van der Waals surface area (Å²) in [6, 6.07) is 0. The van der Waals surface area contributed by atoms with Crippen LogP contribution in [0.2, 0.25) is 0 Å². The predicted molar refractivity (Wildman–Crippen MR) is 72.0 cm³/mol. The Morgan fingerprint density at radius 2 is 2.14 bits per heavy atom. The monoisotopic (exact) mass is 296 g/mol. The average molecular weight is 296 g/mol. The van der Waals surface area contributed by atoms with E-state index in [9.17, 15) is 14.4 Å². The molecule has 2 fully saturated rings. The number of fused-ring (bicyclic) bond motifs is 1. The molecule has 0 bridgehead atoms. The lowest BCUT2D eigenvalue weighted by Gasteiger charge is -2.23. The highest BCUT2D eigenvalue weighted by Crippen LogP contribution is 2.42. The number of rotatable bonds is 5. The van der Waals surface area contributed by atoms with Crippen molar-refractivity contribution >= 4 is 17.9 Å². The molecule has 6 nitrogen and oxygen atoms in total. The number of ether oxygens (including phenoxy) is 3. The van der Waals surface area contributed by atoms with Crippen molar-refractivity contribution in [1.29, 1.82) is 0 Å². The number of hydrogen-bond acceptors (Lipinski definition) is 6. The summed E-state index contributed by atoms with van der Waals surface area (Å²) in [6.07, 6.45) is 1.81. The van der Waals surface area contributed by atoms with Crippen molar-refractivity contribution in [1.82, 2.24) is 0 Å². The van der Waals surface area contributed by atoms with E-state index >= 15 is 0 Å². The van der Waals surface area contributed by atoms with Crippen LogP contribution in [0.3, 0.4) is 0 Å². The summed E-state index contributed by atoms with van der Waals surface area (Å²) in [7, 11) is 0. The maximum absolute atomic E-state index is 11.7. The lowest BCUT2D eigenvalue weighted by molar-refractivity contribution is -0.168. The van der Waals surface area contributed by atoms with Gasteiger partial charge < -0.3 is 14.2 Å². The molecule has 0 aromatic heterocycles. The summed E-state index contributed by atoms with van der Waals surface area (Å²) >= 11 is 0. The van der Waals surface area contributed by atoms with Gasteiger partial charge in [-0.05, 0) is 26.7 Å². The van der Waals surface area contributed by atoms with Gasteiger partial charge in [0.1, 0.15) is 12.2 Å². The largest absolute Gasteiger partial charge is 0.458 e. The van der Waals surface area contributed by atoms with E-state index < -0.39 is 30.8 Å². The minimum atomic E-state index is -0.658. The van der Waals surface area contributed by atoms with Gasteiger partial charge in [0.25, 0.3) is 0 Å². The number of esters is 3. The van der Waals surface area contributed by atoms with Gasteiger partial charge in [0.2, 0.25) is 0 Å². The third kappa shape index (κ3) is 3.43. The Balaban J connectivity index is 1.82. The van der Waals surface area contributed by atoms with Crippen LogP contribution >= 0.6 is 0 Å². The molecule has 116 valence electrons. The molecule has 1 aliphatic carbocycles. The fourth-order valence-electron chi connectivity index (χ4n) is 2.98. The second-order valence-electron chi connectivity index (χ2n) is 5.65. The molecular weight excluding hydrogens is 276 g/mol. The Labute approximate surface area is 123 Å². The van der Waals surface area contributed by atoms with Gasteiger partial charge in [-0.25, -0.2) is 9.59 Å². The zero-order valence-electron chi connectivity index (χ0n) is 12.3. The smallest absolute Gasteiger partial charge is 0.344 e. The van der Waals surface area contributed by atoms with E-state index in [1.165, 1.54) is 6.92 Å². The molecule has 1 heterocycles. The van der Waals surface area contributed by atoms with Gasteiger partial charge in [-0.1, -0.05) is 13.0 Å². The highest BCUT2D eigenvalue weighted by molar-refractivity contribution is 5.88. The summed E-state index contributed by atoms with van der Waals surface area (Å²) < 4.78 is 15.2. The second-order valence-corrected chi connectivity index (χ2v) is 5.65. The van der Waals surface area contributed by atoms with E-state index in [1.54, 1.807) is 6.92 Å². The molecule has 1 saturated heterocycles. The normalized spacial score (nSPS) is 28.5. The van der Waals surface area contributed by atoms with Gasteiger partial charge >= 0.3 is 17.9 Å². The number of carbonyl (C=O) groups is 3. The lowest BCUT2D eigenvalue weighted by Crippen LogP contribution is -2.34. The predicted octanol–water partition coefficient (Wildman–Crippen LogP) is 1.38. The van der Waals surface area contributed by atoms with Crippen molar-refractivity contribution < 1.29 is 28.6 Å². The summed E-state index contributed by atoms with van der Waals surface area (Å²) in [5.41, 5.74) is 0.217. The van der Waals surface area contributed by atoms with Gasteiger partial charge in [-0.15, -0.1) is 0 Å². The Kier molecular flexibility index (Phi) is 4.65. The first-order valence-electron chi connectivity index (χ1n) is 7.12. The van der Waals surface area contributed by atoms with Crippen molar-refractivity contribution in [3.05, 3.63) is 12.2 Å². The van der Waals surface area contributed by atoms with Crippen LogP contribution in [-0.2, 0) is 28.6 Å². The standard InChI is InChI=1S/C15H20O6/c1-8(2)14(17)19-7-12(16)20-9(3)13-10-5-4-6-11(10)15(18)21-13/h9-11,13H,1,4-7H2,2-3H3. The summed E-state index contributed by atoms with van der Waals surface area (Å²) in [6.45, 7) is 6.14. The molecule has 2 rings (SSSR count). The van der Waals surface area contributed by atoms with Crippen LogP contribution in [0.25, 0.3) is 0 Å². The van der Waals surface area contributed by atoms with E-state index in [4.69, 9.17) is 14.2 Å². The summed E-state index contributed by atoms with van der Waals surface area (Å²) in [5.74, 6) is -1.42. The van der Waals surface area contributed by atoms with Crippen LogP contribution in [0.1, 0.15) is 33.1 Å². The fourth-order valence-corrected chi connectivity index (χ4v) is 2.98. The lowest BCUT2D eigenvalue weighted by atomic mass is 9.91.